The number of nitrogens with two attached hydrogens (primary N) is 1. The van der Waals surface area contributed by atoms with E-state index >= 15 is 0 Å². The fourth-order valence-corrected chi connectivity index (χ4v) is 3.54. The molecule has 21 heavy (non-hydrogen) atoms. The molecular formula is C15H29N3O3. The Bertz CT molecular complexity index is 343. The summed E-state index contributed by atoms with van der Waals surface area (Å²) in [5.41, 5.74) is 5.75. The van der Waals surface area contributed by atoms with Crippen LogP contribution in [0.5, 0.6) is 0 Å². The quantitative estimate of drug-likeness (QED) is 0.308. The lowest BCUT2D eigenvalue weighted by molar-refractivity contribution is -0.0484. The smallest absolute Gasteiger partial charge is 0.140 e. The van der Waals surface area contributed by atoms with Gasteiger partial charge in [-0.2, -0.15) is 0 Å². The van der Waals surface area contributed by atoms with Gasteiger partial charge in [-0.3, -0.25) is 4.90 Å². The molecule has 1 aliphatic carbocycles. The Morgan fingerprint density at radius 1 is 1.38 bits per heavy atom. The third kappa shape index (κ3) is 4.83. The maximum atomic E-state index is 8.64. The van der Waals surface area contributed by atoms with Crippen molar-refractivity contribution in [1.29, 1.82) is 0 Å². The first-order chi connectivity index (χ1) is 10.2. The predicted octanol–water partition coefficient (Wildman–Crippen LogP) is 1.56. The zero-order valence-electron chi connectivity index (χ0n) is 13.1. The van der Waals surface area contributed by atoms with Gasteiger partial charge in [-0.15, -0.1) is 0 Å². The molecule has 1 saturated carbocycles. The Morgan fingerprint density at radius 3 is 2.81 bits per heavy atom. The van der Waals surface area contributed by atoms with Gasteiger partial charge in [-0.05, 0) is 25.7 Å². The van der Waals surface area contributed by atoms with Crippen molar-refractivity contribution < 1.29 is 14.7 Å². The van der Waals surface area contributed by atoms with E-state index in [9.17, 15) is 0 Å². The molecule has 2 aliphatic rings. The molecule has 0 amide bonds. The molecule has 2 rings (SSSR count). The van der Waals surface area contributed by atoms with Crippen LogP contribution in [0, 0.1) is 0 Å². The van der Waals surface area contributed by atoms with E-state index in [1.165, 1.54) is 32.1 Å². The second kappa shape index (κ2) is 7.96. The molecular weight excluding hydrogens is 270 g/mol. The number of hydrogen-bond donors (Lipinski definition) is 2. The molecule has 1 saturated heterocycles. The molecule has 6 heteroatoms. The normalized spacial score (nSPS) is 25.2. The number of nitrogens with zero attached hydrogens (tertiary/aromatic N) is 2. The van der Waals surface area contributed by atoms with Gasteiger partial charge in [-0.1, -0.05) is 18.0 Å². The molecule has 2 fully saturated rings. The Kier molecular flexibility index (Phi) is 6.26. The highest BCUT2D eigenvalue weighted by molar-refractivity contribution is 5.79. The van der Waals surface area contributed by atoms with Crippen LogP contribution in [0.1, 0.15) is 44.9 Å². The SMILES string of the molecule is COCCN(CCC(N)=NO)CC1CCC2(CCCC2)O1. The van der Waals surface area contributed by atoms with Crippen molar-refractivity contribution in [2.24, 2.45) is 10.9 Å². The molecule has 3 N–H and O–H groups in total. The number of hydrogen-bond acceptors (Lipinski definition) is 5. The average molecular weight is 299 g/mol. The Balaban J connectivity index is 1.80. The van der Waals surface area contributed by atoms with Crippen molar-refractivity contribution >= 4 is 5.84 Å². The van der Waals surface area contributed by atoms with Gasteiger partial charge in [0.2, 0.25) is 0 Å². The zero-order valence-corrected chi connectivity index (χ0v) is 13.1. The van der Waals surface area contributed by atoms with Crippen molar-refractivity contribution in [1.82, 2.24) is 4.90 Å². The first kappa shape index (κ1) is 16.5. The molecule has 1 spiro atoms. The molecule has 0 radical (unpaired) electrons. The number of oxime groups is 1. The molecule has 0 aromatic carbocycles. The molecule has 0 aromatic heterocycles. The minimum Gasteiger partial charge on any atom is -0.409 e. The van der Waals surface area contributed by atoms with Crippen molar-refractivity contribution in [2.45, 2.75) is 56.7 Å². The van der Waals surface area contributed by atoms with E-state index in [1.807, 2.05) is 0 Å². The first-order valence-corrected chi connectivity index (χ1v) is 8.03. The minimum atomic E-state index is 0.184. The molecule has 0 aromatic rings. The lowest BCUT2D eigenvalue weighted by atomic mass is 9.98. The van der Waals surface area contributed by atoms with Crippen LogP contribution in [0.3, 0.4) is 0 Å². The minimum absolute atomic E-state index is 0.184. The summed E-state index contributed by atoms with van der Waals surface area (Å²) in [6, 6.07) is 0. The van der Waals surface area contributed by atoms with Crippen molar-refractivity contribution in [3.05, 3.63) is 0 Å². The molecule has 122 valence electrons. The number of ether oxygens (including phenoxy) is 2. The van der Waals surface area contributed by atoms with E-state index in [1.54, 1.807) is 7.11 Å². The summed E-state index contributed by atoms with van der Waals surface area (Å²) < 4.78 is 11.5. The van der Waals surface area contributed by atoms with Crippen molar-refractivity contribution in [2.75, 3.05) is 33.4 Å². The standard InChI is InChI=1S/C15H29N3O3/c1-20-11-10-18(9-5-14(16)17-19)12-13-4-8-15(21-13)6-2-3-7-15/h13,19H,2-12H2,1H3,(H2,16,17). The van der Waals surface area contributed by atoms with Crippen LogP contribution in [0.15, 0.2) is 5.16 Å². The van der Waals surface area contributed by atoms with Crippen LogP contribution in [-0.2, 0) is 9.47 Å². The van der Waals surface area contributed by atoms with Crippen molar-refractivity contribution in [3.63, 3.8) is 0 Å². The van der Waals surface area contributed by atoms with Gasteiger partial charge in [0.1, 0.15) is 5.84 Å². The van der Waals surface area contributed by atoms with Gasteiger partial charge in [0.15, 0.2) is 0 Å². The largest absolute Gasteiger partial charge is 0.409 e. The second-order valence-corrected chi connectivity index (χ2v) is 6.30. The fraction of sp³-hybridized carbons (Fsp3) is 0.933. The molecule has 1 unspecified atom stereocenters. The maximum absolute atomic E-state index is 8.64. The Morgan fingerprint density at radius 2 is 2.14 bits per heavy atom. The van der Waals surface area contributed by atoms with Crippen LogP contribution in [-0.4, -0.2) is 61.0 Å². The summed E-state index contributed by atoms with van der Waals surface area (Å²) in [5.74, 6) is 0.275. The highest BCUT2D eigenvalue weighted by atomic mass is 16.5. The van der Waals surface area contributed by atoms with Crippen LogP contribution < -0.4 is 5.73 Å². The second-order valence-electron chi connectivity index (χ2n) is 6.30. The summed E-state index contributed by atoms with van der Waals surface area (Å²) in [5, 5.41) is 11.7. The highest BCUT2D eigenvalue weighted by Gasteiger charge is 2.42. The van der Waals surface area contributed by atoms with E-state index in [2.05, 4.69) is 10.1 Å². The summed E-state index contributed by atoms with van der Waals surface area (Å²) >= 11 is 0. The van der Waals surface area contributed by atoms with E-state index < -0.39 is 0 Å². The molecule has 1 aliphatic heterocycles. The monoisotopic (exact) mass is 299 g/mol. The van der Waals surface area contributed by atoms with E-state index in [0.29, 0.717) is 19.1 Å². The number of methoxy groups -OCH3 is 1. The number of rotatable bonds is 8. The van der Waals surface area contributed by atoms with Gasteiger partial charge in [0.25, 0.3) is 0 Å². The van der Waals surface area contributed by atoms with E-state index in [0.717, 1.165) is 26.1 Å². The van der Waals surface area contributed by atoms with Crippen LogP contribution in [0.2, 0.25) is 0 Å². The summed E-state index contributed by atoms with van der Waals surface area (Å²) in [6.07, 6.45) is 8.30. The topological polar surface area (TPSA) is 80.3 Å². The van der Waals surface area contributed by atoms with Gasteiger partial charge < -0.3 is 20.4 Å². The van der Waals surface area contributed by atoms with Crippen LogP contribution in [0.4, 0.5) is 0 Å². The number of amidine groups is 1. The van der Waals surface area contributed by atoms with Gasteiger partial charge in [0, 0.05) is 33.2 Å². The molecule has 1 heterocycles. The lowest BCUT2D eigenvalue weighted by Crippen LogP contribution is -2.38. The average Bonchev–Trinajstić information content (AvgIpc) is 3.12. The van der Waals surface area contributed by atoms with Crippen molar-refractivity contribution in [3.8, 4) is 0 Å². The summed E-state index contributed by atoms with van der Waals surface area (Å²) in [6.45, 7) is 3.21. The Labute approximate surface area is 127 Å². The zero-order chi connectivity index (χ0) is 15.1. The lowest BCUT2D eigenvalue weighted by Gasteiger charge is -2.28. The third-order valence-corrected chi connectivity index (χ3v) is 4.74. The van der Waals surface area contributed by atoms with Gasteiger partial charge >= 0.3 is 0 Å². The van der Waals surface area contributed by atoms with E-state index in [-0.39, 0.29) is 11.4 Å². The van der Waals surface area contributed by atoms with Crippen LogP contribution in [0.25, 0.3) is 0 Å². The van der Waals surface area contributed by atoms with Gasteiger partial charge in [-0.25, -0.2) is 0 Å². The third-order valence-electron chi connectivity index (χ3n) is 4.74. The first-order valence-electron chi connectivity index (χ1n) is 8.03. The van der Waals surface area contributed by atoms with Gasteiger partial charge in [0.05, 0.1) is 18.3 Å². The molecule has 0 bridgehead atoms. The predicted molar refractivity (Wildman–Crippen MR) is 81.6 cm³/mol. The fourth-order valence-electron chi connectivity index (χ4n) is 3.54. The summed E-state index contributed by atoms with van der Waals surface area (Å²) in [4.78, 5) is 2.29. The highest BCUT2D eigenvalue weighted by Crippen LogP contribution is 2.43. The molecule has 1 atom stereocenters. The van der Waals surface area contributed by atoms with Crippen LogP contribution >= 0.6 is 0 Å². The summed E-state index contributed by atoms with van der Waals surface area (Å²) in [7, 11) is 1.71. The van der Waals surface area contributed by atoms with E-state index in [4.69, 9.17) is 20.4 Å². The Hall–Kier alpha value is -0.850. The maximum Gasteiger partial charge on any atom is 0.140 e. The molecule has 6 nitrogen and oxygen atoms in total.